The van der Waals surface area contributed by atoms with Gasteiger partial charge in [0.05, 0.1) is 5.39 Å². The highest BCUT2D eigenvalue weighted by Crippen LogP contribution is 2.32. The number of carbonyl (C=O) groups excluding carboxylic acids is 1. The van der Waals surface area contributed by atoms with Gasteiger partial charge in [-0.1, -0.05) is 60.3 Å². The van der Waals surface area contributed by atoms with Crippen molar-refractivity contribution in [1.29, 1.82) is 0 Å². The van der Waals surface area contributed by atoms with E-state index in [0.717, 1.165) is 21.5 Å². The Morgan fingerprint density at radius 2 is 1.88 bits per heavy atom. The summed E-state index contributed by atoms with van der Waals surface area (Å²) in [7, 11) is 3.47. The van der Waals surface area contributed by atoms with Gasteiger partial charge in [-0.2, -0.15) is 0 Å². The van der Waals surface area contributed by atoms with Crippen LogP contribution in [0.15, 0.2) is 82.6 Å². The Kier molecular flexibility index (Phi) is 6.58. The summed E-state index contributed by atoms with van der Waals surface area (Å²) in [4.78, 5) is 32.6. The molecule has 32 heavy (non-hydrogen) atoms. The number of hydrogen-bond donors (Lipinski definition) is 0. The van der Waals surface area contributed by atoms with E-state index in [9.17, 15) is 9.59 Å². The van der Waals surface area contributed by atoms with Crippen LogP contribution in [0, 0.1) is 0 Å². The summed E-state index contributed by atoms with van der Waals surface area (Å²) in [6, 6.07) is 17.5. The number of carbonyl (C=O) groups is 1. The van der Waals surface area contributed by atoms with Crippen LogP contribution in [0.2, 0.25) is 0 Å². The van der Waals surface area contributed by atoms with E-state index in [1.807, 2.05) is 60.0 Å². The van der Waals surface area contributed by atoms with E-state index < -0.39 is 0 Å². The number of amides is 1. The fourth-order valence-electron chi connectivity index (χ4n) is 3.39. The Labute approximate surface area is 195 Å². The fraction of sp³-hybridized carbons (Fsp3) is 0.160. The maximum absolute atomic E-state index is 13.4. The standard InChI is InChI=1S/C25H23N3O2S2/c1-4-14-28-24(30)21-20(18-8-6-5-7-9-18)16-31-22(21)26-25(28)32-15-17-10-12-19(13-11-17)23(29)27(2)3/h4-13,16H,1,14-15H2,2-3H3. The molecular weight excluding hydrogens is 438 g/mol. The molecule has 0 atom stereocenters. The summed E-state index contributed by atoms with van der Waals surface area (Å²) in [6.07, 6.45) is 1.72. The van der Waals surface area contributed by atoms with Crippen LogP contribution in [-0.2, 0) is 12.3 Å². The molecule has 0 saturated heterocycles. The Balaban J connectivity index is 1.66. The van der Waals surface area contributed by atoms with Gasteiger partial charge < -0.3 is 4.90 Å². The maximum atomic E-state index is 13.4. The summed E-state index contributed by atoms with van der Waals surface area (Å²) in [5, 5.41) is 3.32. The molecule has 2 heterocycles. The van der Waals surface area contributed by atoms with Crippen LogP contribution in [-0.4, -0.2) is 34.5 Å². The highest BCUT2D eigenvalue weighted by atomic mass is 32.2. The van der Waals surface area contributed by atoms with Crippen molar-refractivity contribution in [2.75, 3.05) is 14.1 Å². The topological polar surface area (TPSA) is 55.2 Å². The van der Waals surface area contributed by atoms with Gasteiger partial charge in [0.25, 0.3) is 11.5 Å². The van der Waals surface area contributed by atoms with Crippen molar-refractivity contribution in [2.45, 2.75) is 17.5 Å². The van der Waals surface area contributed by atoms with Gasteiger partial charge in [0.1, 0.15) is 4.83 Å². The number of thioether (sulfide) groups is 1. The molecule has 1 amide bonds. The molecule has 2 aromatic carbocycles. The van der Waals surface area contributed by atoms with E-state index in [1.54, 1.807) is 29.6 Å². The molecule has 0 radical (unpaired) electrons. The van der Waals surface area contributed by atoms with Gasteiger partial charge in [-0.25, -0.2) is 4.98 Å². The molecule has 4 aromatic rings. The van der Waals surface area contributed by atoms with E-state index >= 15 is 0 Å². The largest absolute Gasteiger partial charge is 0.345 e. The van der Waals surface area contributed by atoms with Crippen molar-refractivity contribution >= 4 is 39.2 Å². The maximum Gasteiger partial charge on any atom is 0.263 e. The zero-order valence-corrected chi connectivity index (χ0v) is 19.6. The molecule has 0 aliphatic heterocycles. The predicted octanol–water partition coefficient (Wildman–Crippen LogP) is 5.31. The van der Waals surface area contributed by atoms with E-state index in [2.05, 4.69) is 6.58 Å². The van der Waals surface area contributed by atoms with Gasteiger partial charge in [0.15, 0.2) is 5.16 Å². The predicted molar refractivity (Wildman–Crippen MR) is 134 cm³/mol. The summed E-state index contributed by atoms with van der Waals surface area (Å²) >= 11 is 3.00. The zero-order valence-electron chi connectivity index (χ0n) is 17.9. The van der Waals surface area contributed by atoms with Crippen molar-refractivity contribution in [3.8, 4) is 11.1 Å². The average Bonchev–Trinajstić information content (AvgIpc) is 3.24. The SMILES string of the molecule is C=CCn1c(SCc2ccc(C(=O)N(C)C)cc2)nc2scc(-c3ccccc3)c2c1=O. The van der Waals surface area contributed by atoms with E-state index in [4.69, 9.17) is 4.98 Å². The van der Waals surface area contributed by atoms with Crippen LogP contribution in [0.3, 0.4) is 0 Å². The third-order valence-electron chi connectivity index (χ3n) is 5.03. The van der Waals surface area contributed by atoms with Crippen LogP contribution in [0.1, 0.15) is 15.9 Å². The van der Waals surface area contributed by atoms with Crippen molar-refractivity contribution in [3.63, 3.8) is 0 Å². The normalized spacial score (nSPS) is 10.9. The average molecular weight is 462 g/mol. The van der Waals surface area contributed by atoms with Crippen LogP contribution in [0.4, 0.5) is 0 Å². The number of hydrogen-bond acceptors (Lipinski definition) is 5. The van der Waals surface area contributed by atoms with Crippen LogP contribution in [0.25, 0.3) is 21.3 Å². The highest BCUT2D eigenvalue weighted by molar-refractivity contribution is 7.98. The second-order valence-corrected chi connectivity index (χ2v) is 9.28. The minimum absolute atomic E-state index is 0.0249. The molecule has 0 aliphatic rings. The molecule has 5 nitrogen and oxygen atoms in total. The van der Waals surface area contributed by atoms with Crippen molar-refractivity contribution in [1.82, 2.24) is 14.5 Å². The monoisotopic (exact) mass is 461 g/mol. The first kappa shape index (κ1) is 22.0. The molecule has 162 valence electrons. The van der Waals surface area contributed by atoms with Gasteiger partial charge >= 0.3 is 0 Å². The molecule has 0 spiro atoms. The molecule has 0 aliphatic carbocycles. The first-order valence-corrected chi connectivity index (χ1v) is 12.0. The molecule has 0 bridgehead atoms. The molecule has 0 N–H and O–H groups in total. The number of allylic oxidation sites excluding steroid dienone is 1. The summed E-state index contributed by atoms with van der Waals surface area (Å²) in [5.74, 6) is 0.616. The third kappa shape index (κ3) is 4.40. The van der Waals surface area contributed by atoms with Crippen LogP contribution >= 0.6 is 23.1 Å². The minimum Gasteiger partial charge on any atom is -0.345 e. The number of thiophene rings is 1. The van der Waals surface area contributed by atoms with Crippen molar-refractivity contribution in [3.05, 3.63) is 94.1 Å². The molecule has 0 fully saturated rings. The molecule has 0 saturated carbocycles. The quantitative estimate of drug-likeness (QED) is 0.213. The van der Waals surface area contributed by atoms with Gasteiger partial charge in [-0.3, -0.25) is 14.2 Å². The lowest BCUT2D eigenvalue weighted by Gasteiger charge is -2.12. The smallest absolute Gasteiger partial charge is 0.263 e. The second-order valence-electron chi connectivity index (χ2n) is 7.48. The lowest BCUT2D eigenvalue weighted by molar-refractivity contribution is 0.0827. The van der Waals surface area contributed by atoms with Gasteiger partial charge in [-0.15, -0.1) is 17.9 Å². The number of fused-ring (bicyclic) bond motifs is 1. The number of benzene rings is 2. The molecule has 4 rings (SSSR count). The first-order valence-electron chi connectivity index (χ1n) is 10.1. The minimum atomic E-state index is -0.0515. The third-order valence-corrected chi connectivity index (χ3v) is 6.95. The molecule has 0 unspecified atom stereocenters. The first-order chi connectivity index (χ1) is 15.5. The Morgan fingerprint density at radius 3 is 2.53 bits per heavy atom. The Hall–Kier alpha value is -3.16. The van der Waals surface area contributed by atoms with Crippen molar-refractivity contribution < 1.29 is 4.79 Å². The van der Waals surface area contributed by atoms with E-state index in [-0.39, 0.29) is 11.5 Å². The summed E-state index contributed by atoms with van der Waals surface area (Å²) in [5.41, 5.74) is 3.58. The summed E-state index contributed by atoms with van der Waals surface area (Å²) < 4.78 is 1.68. The zero-order chi connectivity index (χ0) is 22.7. The molecular formula is C25H23N3O2S2. The number of rotatable bonds is 7. The number of nitrogens with zero attached hydrogens (tertiary/aromatic N) is 3. The molecule has 2 aromatic heterocycles. The van der Waals surface area contributed by atoms with E-state index in [1.165, 1.54) is 23.1 Å². The lowest BCUT2D eigenvalue weighted by atomic mass is 10.1. The van der Waals surface area contributed by atoms with Gasteiger partial charge in [0, 0.05) is 42.9 Å². The van der Waals surface area contributed by atoms with E-state index in [0.29, 0.717) is 28.4 Å². The summed E-state index contributed by atoms with van der Waals surface area (Å²) in [6.45, 7) is 4.21. The second kappa shape index (κ2) is 9.54. The van der Waals surface area contributed by atoms with Crippen molar-refractivity contribution in [2.24, 2.45) is 0 Å². The highest BCUT2D eigenvalue weighted by Gasteiger charge is 2.17. The van der Waals surface area contributed by atoms with Crippen LogP contribution in [0.5, 0.6) is 0 Å². The number of aromatic nitrogens is 2. The van der Waals surface area contributed by atoms with Crippen LogP contribution < -0.4 is 5.56 Å². The lowest BCUT2D eigenvalue weighted by Crippen LogP contribution is -2.22. The molecule has 7 heteroatoms. The Bertz CT molecular complexity index is 1320. The Morgan fingerprint density at radius 1 is 1.16 bits per heavy atom. The fourth-order valence-corrected chi connectivity index (χ4v) is 5.34. The van der Waals surface area contributed by atoms with Gasteiger partial charge in [-0.05, 0) is 23.3 Å². The van der Waals surface area contributed by atoms with Gasteiger partial charge in [0.2, 0.25) is 0 Å².